The van der Waals surface area contributed by atoms with Gasteiger partial charge in [0.25, 0.3) is 0 Å². The lowest BCUT2D eigenvalue weighted by Crippen LogP contribution is -2.57. The van der Waals surface area contributed by atoms with Gasteiger partial charge >= 0.3 is 0 Å². The van der Waals surface area contributed by atoms with Gasteiger partial charge in [-0.05, 0) is 81.4 Å². The van der Waals surface area contributed by atoms with Gasteiger partial charge in [-0.15, -0.1) is 11.6 Å². The summed E-state index contributed by atoms with van der Waals surface area (Å²) in [5, 5.41) is 3.04. The van der Waals surface area contributed by atoms with E-state index < -0.39 is 15.4 Å². The largest absolute Gasteiger partial charge is 0.326 e. The lowest BCUT2D eigenvalue weighted by molar-refractivity contribution is -0.138. The molecule has 4 saturated carbocycles. The van der Waals surface area contributed by atoms with Gasteiger partial charge in [0.15, 0.2) is 0 Å². The van der Waals surface area contributed by atoms with Gasteiger partial charge in [0.05, 0.1) is 10.3 Å². The molecule has 2 unspecified atom stereocenters. The molecule has 152 valence electrons. The minimum Gasteiger partial charge on any atom is -0.326 e. The molecular formula is C21H27ClN2O3S. The molecule has 5 aliphatic rings. The highest BCUT2D eigenvalue weighted by Crippen LogP contribution is 2.64. The van der Waals surface area contributed by atoms with Crippen molar-refractivity contribution in [2.24, 2.45) is 17.3 Å². The topological polar surface area (TPSA) is 66.5 Å². The van der Waals surface area contributed by atoms with Crippen LogP contribution >= 0.6 is 11.6 Å². The zero-order chi connectivity index (χ0) is 19.6. The Morgan fingerprint density at radius 2 is 1.79 bits per heavy atom. The summed E-state index contributed by atoms with van der Waals surface area (Å²) in [5.74, 6) is 1.11. The number of hydrogen-bond donors (Lipinski definition) is 1. The van der Waals surface area contributed by atoms with Crippen LogP contribution in [0.5, 0.6) is 0 Å². The number of nitrogens with one attached hydrogen (secondary N) is 1. The van der Waals surface area contributed by atoms with E-state index in [2.05, 4.69) is 5.32 Å². The van der Waals surface area contributed by atoms with E-state index in [4.69, 9.17) is 11.6 Å². The van der Waals surface area contributed by atoms with Crippen LogP contribution in [0.1, 0.15) is 51.4 Å². The Kier molecular flexibility index (Phi) is 4.35. The standard InChI is InChI=1S/C21H27ClN2O3S/c22-21-12-15-8-16(13-21)11-20(10-15,14-21)19(25)23-17-4-3-5-18(9-17)28(26,27)24-6-1-2-7-24/h3-5,9,15-16H,1-2,6-8,10-14H2,(H,23,25)/t15-,16+,20?,21?. The zero-order valence-electron chi connectivity index (χ0n) is 16.0. The van der Waals surface area contributed by atoms with E-state index in [0.717, 1.165) is 44.9 Å². The maximum absolute atomic E-state index is 13.3. The van der Waals surface area contributed by atoms with Crippen LogP contribution in [0, 0.1) is 17.3 Å². The van der Waals surface area contributed by atoms with Gasteiger partial charge in [-0.3, -0.25) is 4.79 Å². The van der Waals surface area contributed by atoms with Crippen molar-refractivity contribution in [2.45, 2.75) is 61.1 Å². The smallest absolute Gasteiger partial charge is 0.243 e. The van der Waals surface area contributed by atoms with Crippen LogP contribution < -0.4 is 5.32 Å². The molecule has 1 aromatic carbocycles. The molecule has 4 atom stereocenters. The number of nitrogens with zero attached hydrogens (tertiary/aromatic N) is 1. The van der Waals surface area contributed by atoms with E-state index in [1.165, 1.54) is 10.7 Å². The van der Waals surface area contributed by atoms with Crippen molar-refractivity contribution in [1.29, 1.82) is 0 Å². The number of anilines is 1. The average Bonchev–Trinajstić information content (AvgIpc) is 3.15. The molecule has 1 heterocycles. The molecule has 28 heavy (non-hydrogen) atoms. The van der Waals surface area contributed by atoms with E-state index in [9.17, 15) is 13.2 Å². The van der Waals surface area contributed by atoms with Crippen molar-refractivity contribution in [1.82, 2.24) is 4.31 Å². The van der Waals surface area contributed by atoms with Crippen LogP contribution in [-0.4, -0.2) is 36.6 Å². The van der Waals surface area contributed by atoms with Gasteiger partial charge in [0.2, 0.25) is 15.9 Å². The van der Waals surface area contributed by atoms with Crippen molar-refractivity contribution in [2.75, 3.05) is 18.4 Å². The molecule has 1 saturated heterocycles. The third-order valence-corrected chi connectivity index (χ3v) is 9.60. The third-order valence-electron chi connectivity index (χ3n) is 7.27. The molecule has 0 aromatic heterocycles. The summed E-state index contributed by atoms with van der Waals surface area (Å²) in [5.41, 5.74) is 0.167. The predicted octanol–water partition coefficient (Wildman–Crippen LogP) is 3.99. The van der Waals surface area contributed by atoms with Crippen LogP contribution in [0.15, 0.2) is 29.2 Å². The van der Waals surface area contributed by atoms with Crippen LogP contribution in [0.25, 0.3) is 0 Å². The number of carbonyl (C=O) groups is 1. The highest BCUT2D eigenvalue weighted by Gasteiger charge is 2.60. The SMILES string of the molecule is O=C(Nc1cccc(S(=O)(=O)N2CCCC2)c1)C12C[C@@H]3C[C@@H](CC(Cl)(C3)C1)C2. The molecule has 4 bridgehead atoms. The monoisotopic (exact) mass is 422 g/mol. The molecule has 1 aromatic rings. The molecule has 4 aliphatic carbocycles. The molecule has 0 spiro atoms. The quantitative estimate of drug-likeness (QED) is 0.746. The molecular weight excluding hydrogens is 396 g/mol. The fraction of sp³-hybridized carbons (Fsp3) is 0.667. The van der Waals surface area contributed by atoms with Crippen LogP contribution in [0.4, 0.5) is 5.69 Å². The zero-order valence-corrected chi connectivity index (χ0v) is 17.6. The highest BCUT2D eigenvalue weighted by molar-refractivity contribution is 7.89. The highest BCUT2D eigenvalue weighted by atomic mass is 35.5. The van der Waals surface area contributed by atoms with Crippen molar-refractivity contribution < 1.29 is 13.2 Å². The van der Waals surface area contributed by atoms with Gasteiger partial charge < -0.3 is 5.32 Å². The summed E-state index contributed by atoms with van der Waals surface area (Å²) >= 11 is 6.86. The summed E-state index contributed by atoms with van der Waals surface area (Å²) in [6, 6.07) is 6.70. The maximum Gasteiger partial charge on any atom is 0.243 e. The Labute approximate surface area is 171 Å². The summed E-state index contributed by atoms with van der Waals surface area (Å²) in [6.07, 6.45) is 7.64. The second kappa shape index (κ2) is 6.44. The van der Waals surface area contributed by atoms with E-state index in [-0.39, 0.29) is 15.7 Å². The summed E-state index contributed by atoms with van der Waals surface area (Å²) in [4.78, 5) is 13.3. The summed E-state index contributed by atoms with van der Waals surface area (Å²) in [6.45, 7) is 1.14. The van der Waals surface area contributed by atoms with Gasteiger partial charge in [0, 0.05) is 23.7 Å². The predicted molar refractivity (Wildman–Crippen MR) is 109 cm³/mol. The van der Waals surface area contributed by atoms with Crippen molar-refractivity contribution in [3.63, 3.8) is 0 Å². The minimum atomic E-state index is -3.49. The maximum atomic E-state index is 13.3. The Morgan fingerprint density at radius 1 is 1.11 bits per heavy atom. The lowest BCUT2D eigenvalue weighted by atomic mass is 9.49. The van der Waals surface area contributed by atoms with E-state index in [1.807, 2.05) is 0 Å². The van der Waals surface area contributed by atoms with Crippen LogP contribution in [0.3, 0.4) is 0 Å². The van der Waals surface area contributed by atoms with Gasteiger partial charge in [-0.1, -0.05) is 6.07 Å². The number of halogens is 1. The second-order valence-corrected chi connectivity index (χ2v) is 12.2. The average molecular weight is 423 g/mol. The molecule has 1 amide bonds. The molecule has 1 N–H and O–H groups in total. The van der Waals surface area contributed by atoms with E-state index in [0.29, 0.717) is 30.6 Å². The van der Waals surface area contributed by atoms with E-state index in [1.54, 1.807) is 24.3 Å². The molecule has 5 nitrogen and oxygen atoms in total. The normalized spacial score (nSPS) is 37.3. The molecule has 0 radical (unpaired) electrons. The molecule has 5 fully saturated rings. The molecule has 1 aliphatic heterocycles. The van der Waals surface area contributed by atoms with Gasteiger partial charge in [-0.25, -0.2) is 8.42 Å². The number of rotatable bonds is 4. The van der Waals surface area contributed by atoms with Crippen molar-refractivity contribution in [3.8, 4) is 0 Å². The van der Waals surface area contributed by atoms with Crippen LogP contribution in [0.2, 0.25) is 0 Å². The van der Waals surface area contributed by atoms with Crippen molar-refractivity contribution >= 4 is 33.2 Å². The van der Waals surface area contributed by atoms with Crippen molar-refractivity contribution in [3.05, 3.63) is 24.3 Å². The Hall–Kier alpha value is -1.11. The fourth-order valence-electron chi connectivity index (χ4n) is 6.49. The lowest BCUT2D eigenvalue weighted by Gasteiger charge is -2.59. The number of carbonyl (C=O) groups excluding carboxylic acids is 1. The third kappa shape index (κ3) is 3.08. The molecule has 7 heteroatoms. The first-order valence-corrected chi connectivity index (χ1v) is 12.2. The first-order chi connectivity index (χ1) is 13.3. The first-order valence-electron chi connectivity index (χ1n) is 10.4. The number of alkyl halides is 1. The van der Waals surface area contributed by atoms with Crippen LogP contribution in [-0.2, 0) is 14.8 Å². The second-order valence-electron chi connectivity index (χ2n) is 9.49. The Morgan fingerprint density at radius 3 is 2.43 bits per heavy atom. The number of sulfonamides is 1. The molecule has 6 rings (SSSR count). The Bertz CT molecular complexity index is 896. The number of hydrogen-bond acceptors (Lipinski definition) is 3. The summed E-state index contributed by atoms with van der Waals surface area (Å²) < 4.78 is 27.2. The number of benzene rings is 1. The van der Waals surface area contributed by atoms with E-state index >= 15 is 0 Å². The first kappa shape index (κ1) is 18.9. The fourth-order valence-corrected chi connectivity index (χ4v) is 8.75. The van der Waals surface area contributed by atoms with Gasteiger partial charge in [0.1, 0.15) is 0 Å². The Balaban J connectivity index is 1.38. The number of amides is 1. The summed E-state index contributed by atoms with van der Waals surface area (Å²) in [7, 11) is -3.49. The minimum absolute atomic E-state index is 0.0161. The van der Waals surface area contributed by atoms with Gasteiger partial charge in [-0.2, -0.15) is 4.31 Å².